The second-order valence-electron chi connectivity index (χ2n) is 15.8. The first-order valence-corrected chi connectivity index (χ1v) is 19.7. The first-order chi connectivity index (χ1) is 28.0. The summed E-state index contributed by atoms with van der Waals surface area (Å²) >= 11 is 0. The van der Waals surface area contributed by atoms with Crippen LogP contribution in [0.4, 0.5) is 0 Å². The van der Waals surface area contributed by atoms with Crippen molar-refractivity contribution >= 4 is 32.3 Å². The molecule has 0 saturated carbocycles. The molecule has 0 spiro atoms. The molecule has 0 amide bonds. The highest BCUT2D eigenvalue weighted by Crippen LogP contribution is 2.54. The third-order valence-electron chi connectivity index (χ3n) is 12.0. The van der Waals surface area contributed by atoms with Crippen LogP contribution >= 0.6 is 0 Å². The van der Waals surface area contributed by atoms with Crippen molar-refractivity contribution in [2.24, 2.45) is 0 Å². The fourth-order valence-electron chi connectivity index (χ4n) is 9.06. The summed E-state index contributed by atoms with van der Waals surface area (Å²) in [5.74, 6) is 0.700. The minimum absolute atomic E-state index is 0.115. The van der Waals surface area contributed by atoms with Gasteiger partial charge in [0, 0.05) is 22.1 Å². The molecule has 2 nitrogen and oxygen atoms in total. The highest BCUT2D eigenvalue weighted by molar-refractivity contribution is 6.01. The van der Waals surface area contributed by atoms with Crippen molar-refractivity contribution < 1.29 is 0 Å². The van der Waals surface area contributed by atoms with Crippen LogP contribution in [-0.2, 0) is 5.41 Å². The molecule has 0 radical (unpaired) electrons. The maximum absolute atomic E-state index is 5.29. The van der Waals surface area contributed by atoms with E-state index in [4.69, 9.17) is 9.97 Å². The number of hydrogen-bond acceptors (Lipinski definition) is 2. The van der Waals surface area contributed by atoms with Gasteiger partial charge in [-0.05, 0) is 113 Å². The van der Waals surface area contributed by atoms with Gasteiger partial charge in [-0.2, -0.15) is 0 Å². The van der Waals surface area contributed by atoms with Gasteiger partial charge < -0.3 is 0 Å². The Labute approximate surface area is 332 Å². The van der Waals surface area contributed by atoms with E-state index in [1.165, 1.54) is 71.3 Å². The molecule has 0 aliphatic heterocycles. The van der Waals surface area contributed by atoms with E-state index in [2.05, 4.69) is 208 Å². The summed E-state index contributed by atoms with van der Waals surface area (Å²) < 4.78 is 0. The van der Waals surface area contributed by atoms with E-state index in [0.717, 1.165) is 33.6 Å². The monoisotopic (exact) mass is 726 g/mol. The highest BCUT2D eigenvalue weighted by Gasteiger charge is 2.37. The first-order valence-electron chi connectivity index (χ1n) is 19.7. The Morgan fingerprint density at radius 2 is 0.825 bits per heavy atom. The molecule has 1 heterocycles. The van der Waals surface area contributed by atoms with Crippen LogP contribution in [0.3, 0.4) is 0 Å². The summed E-state index contributed by atoms with van der Waals surface area (Å²) in [6, 6.07) is 70.3. The summed E-state index contributed by atoms with van der Waals surface area (Å²) in [4.78, 5) is 10.6. The Morgan fingerprint density at radius 3 is 1.47 bits per heavy atom. The number of rotatable bonds is 5. The quantitative estimate of drug-likeness (QED) is 0.176. The van der Waals surface area contributed by atoms with Crippen LogP contribution in [-0.4, -0.2) is 9.97 Å². The van der Waals surface area contributed by atoms with Crippen molar-refractivity contribution in [1.29, 1.82) is 0 Å². The molecule has 9 aromatic carbocycles. The molecule has 10 aromatic rings. The molecule has 1 aliphatic carbocycles. The van der Waals surface area contributed by atoms with Gasteiger partial charge in [0.15, 0.2) is 5.82 Å². The van der Waals surface area contributed by atoms with Gasteiger partial charge in [-0.15, -0.1) is 0 Å². The van der Waals surface area contributed by atoms with E-state index in [9.17, 15) is 0 Å². The van der Waals surface area contributed by atoms with Gasteiger partial charge in [-0.25, -0.2) is 9.97 Å². The lowest BCUT2D eigenvalue weighted by atomic mass is 9.81. The molecule has 0 fully saturated rings. The van der Waals surface area contributed by atoms with Crippen molar-refractivity contribution in [3.05, 3.63) is 205 Å². The molecule has 1 aromatic heterocycles. The van der Waals surface area contributed by atoms with Crippen molar-refractivity contribution in [3.8, 4) is 67.3 Å². The second-order valence-corrected chi connectivity index (χ2v) is 15.8. The Hall–Kier alpha value is -7.16. The Morgan fingerprint density at radius 1 is 0.316 bits per heavy atom. The van der Waals surface area contributed by atoms with Gasteiger partial charge in [0.1, 0.15) is 0 Å². The minimum Gasteiger partial charge on any atom is -0.228 e. The molecule has 0 unspecified atom stereocenters. The normalized spacial score (nSPS) is 12.9. The van der Waals surface area contributed by atoms with E-state index in [-0.39, 0.29) is 5.41 Å². The molecule has 0 bridgehead atoms. The molecule has 11 rings (SSSR count). The zero-order valence-corrected chi connectivity index (χ0v) is 31.9. The van der Waals surface area contributed by atoms with Gasteiger partial charge in [-0.3, -0.25) is 0 Å². The first kappa shape index (κ1) is 33.2. The molecular formula is C55H38N2. The molecule has 2 heteroatoms. The molecule has 0 N–H and O–H groups in total. The minimum atomic E-state index is -0.115. The molecule has 0 atom stereocenters. The van der Waals surface area contributed by atoms with Crippen LogP contribution in [0.2, 0.25) is 0 Å². The van der Waals surface area contributed by atoms with Crippen LogP contribution in [0.1, 0.15) is 25.0 Å². The number of aromatic nitrogens is 2. The SMILES string of the molecule is CC1(C)c2cc3ccccc3cc2-c2c(-c3ccccc3-c3cccc(-c4nc(-c5ccc6ccccc6c5)cc(-c5ccc6ccccc6c5)n4)c3)cccc21. The van der Waals surface area contributed by atoms with E-state index in [1.807, 2.05) is 0 Å². The van der Waals surface area contributed by atoms with Crippen LogP contribution in [0.15, 0.2) is 194 Å². The van der Waals surface area contributed by atoms with Crippen LogP contribution in [0, 0.1) is 0 Å². The average Bonchev–Trinajstić information content (AvgIpc) is 3.50. The number of nitrogens with zero attached hydrogens (tertiary/aromatic N) is 2. The van der Waals surface area contributed by atoms with Crippen molar-refractivity contribution in [2.75, 3.05) is 0 Å². The molecule has 268 valence electrons. The zero-order chi connectivity index (χ0) is 38.1. The molecule has 57 heavy (non-hydrogen) atoms. The van der Waals surface area contributed by atoms with Gasteiger partial charge in [0.05, 0.1) is 11.4 Å². The van der Waals surface area contributed by atoms with Gasteiger partial charge in [-0.1, -0.05) is 172 Å². The van der Waals surface area contributed by atoms with Crippen LogP contribution in [0.5, 0.6) is 0 Å². The lowest BCUT2D eigenvalue weighted by molar-refractivity contribution is 0.661. The van der Waals surface area contributed by atoms with E-state index in [1.54, 1.807) is 0 Å². The smallest absolute Gasteiger partial charge is 0.160 e. The van der Waals surface area contributed by atoms with Crippen molar-refractivity contribution in [3.63, 3.8) is 0 Å². The molecule has 0 saturated heterocycles. The Bertz CT molecular complexity index is 3130. The van der Waals surface area contributed by atoms with Crippen molar-refractivity contribution in [2.45, 2.75) is 19.3 Å². The number of hydrogen-bond donors (Lipinski definition) is 0. The number of benzene rings is 9. The van der Waals surface area contributed by atoms with Crippen LogP contribution < -0.4 is 0 Å². The van der Waals surface area contributed by atoms with Gasteiger partial charge in [0.2, 0.25) is 0 Å². The number of fused-ring (bicyclic) bond motifs is 6. The largest absolute Gasteiger partial charge is 0.228 e. The van der Waals surface area contributed by atoms with Gasteiger partial charge in [0.25, 0.3) is 0 Å². The summed E-state index contributed by atoms with van der Waals surface area (Å²) in [6.45, 7) is 4.73. The predicted molar refractivity (Wildman–Crippen MR) is 239 cm³/mol. The molecule has 1 aliphatic rings. The average molecular weight is 727 g/mol. The third kappa shape index (κ3) is 5.56. The van der Waals surface area contributed by atoms with E-state index in [0.29, 0.717) is 5.82 Å². The lowest BCUT2D eigenvalue weighted by Crippen LogP contribution is -2.14. The predicted octanol–water partition coefficient (Wildman–Crippen LogP) is 14.6. The van der Waals surface area contributed by atoms with Gasteiger partial charge >= 0.3 is 0 Å². The summed E-state index contributed by atoms with van der Waals surface area (Å²) in [6.07, 6.45) is 0. The Balaban J connectivity index is 1.07. The van der Waals surface area contributed by atoms with E-state index >= 15 is 0 Å². The van der Waals surface area contributed by atoms with Crippen molar-refractivity contribution in [1.82, 2.24) is 9.97 Å². The standard InChI is InChI=1S/C55H38N2/c1-55(2)49-24-12-23-47(53(49)48-32-39-17-7-8-18-40(39)33-50(48)55)46-22-10-9-21-45(46)41-19-11-20-44(31-41)54-56-51(42-27-25-35-13-3-5-15-37(35)29-42)34-52(57-54)43-28-26-36-14-4-6-16-38(36)30-43/h3-34H,1-2H3. The summed E-state index contributed by atoms with van der Waals surface area (Å²) in [5.41, 5.74) is 15.0. The fraction of sp³-hybridized carbons (Fsp3) is 0.0545. The third-order valence-corrected chi connectivity index (χ3v) is 12.0. The lowest BCUT2D eigenvalue weighted by Gasteiger charge is -2.22. The second kappa shape index (κ2) is 13.0. The zero-order valence-electron chi connectivity index (χ0n) is 31.9. The topological polar surface area (TPSA) is 25.8 Å². The Kier molecular flexibility index (Phi) is 7.55. The molecular weight excluding hydrogens is 689 g/mol. The van der Waals surface area contributed by atoms with E-state index < -0.39 is 0 Å². The fourth-order valence-corrected chi connectivity index (χ4v) is 9.06. The maximum atomic E-state index is 5.29. The van der Waals surface area contributed by atoms with Crippen LogP contribution in [0.25, 0.3) is 99.6 Å². The maximum Gasteiger partial charge on any atom is 0.160 e. The summed E-state index contributed by atoms with van der Waals surface area (Å²) in [5, 5.41) is 7.35. The summed E-state index contributed by atoms with van der Waals surface area (Å²) in [7, 11) is 0. The highest BCUT2D eigenvalue weighted by atomic mass is 14.9.